The third kappa shape index (κ3) is 4.81. The molecule has 110 valence electrons. The van der Waals surface area contributed by atoms with Crippen molar-refractivity contribution in [2.75, 3.05) is 24.6 Å². The van der Waals surface area contributed by atoms with Crippen LogP contribution in [0.4, 0.5) is 0 Å². The number of rotatable bonds is 6. The molecule has 1 heterocycles. The maximum atomic E-state index is 12.0. The van der Waals surface area contributed by atoms with Gasteiger partial charge in [-0.25, -0.2) is 8.42 Å². The predicted octanol–water partition coefficient (Wildman–Crippen LogP) is -0.0617. The number of hydrogen-bond donors (Lipinski definition) is 1. The van der Waals surface area contributed by atoms with Crippen molar-refractivity contribution in [3.8, 4) is 0 Å². The molecule has 0 radical (unpaired) electrons. The van der Waals surface area contributed by atoms with Crippen molar-refractivity contribution >= 4 is 21.7 Å². The van der Waals surface area contributed by atoms with Crippen LogP contribution in [0.3, 0.4) is 0 Å². The predicted molar refractivity (Wildman–Crippen MR) is 72.4 cm³/mol. The van der Waals surface area contributed by atoms with Crippen LogP contribution >= 0.6 is 0 Å². The quantitative estimate of drug-likeness (QED) is 0.743. The van der Waals surface area contributed by atoms with E-state index in [0.29, 0.717) is 19.4 Å². The van der Waals surface area contributed by atoms with E-state index in [-0.39, 0.29) is 35.9 Å². The van der Waals surface area contributed by atoms with Crippen molar-refractivity contribution in [2.24, 2.45) is 0 Å². The first-order valence-electron chi connectivity index (χ1n) is 6.66. The fourth-order valence-corrected chi connectivity index (χ4v) is 3.98. The van der Waals surface area contributed by atoms with Crippen LogP contribution in [0.2, 0.25) is 0 Å². The van der Waals surface area contributed by atoms with Crippen LogP contribution in [0.25, 0.3) is 0 Å². The first kappa shape index (κ1) is 15.9. The number of carbonyl (C=O) groups is 2. The van der Waals surface area contributed by atoms with Crippen LogP contribution < -0.4 is 5.32 Å². The number of sulfone groups is 1. The maximum Gasteiger partial charge on any atom is 0.242 e. The Morgan fingerprint density at radius 3 is 2.47 bits per heavy atom. The van der Waals surface area contributed by atoms with Gasteiger partial charge in [0.15, 0.2) is 9.84 Å². The third-order valence-electron chi connectivity index (χ3n) is 3.22. The van der Waals surface area contributed by atoms with Crippen LogP contribution in [-0.2, 0) is 19.4 Å². The van der Waals surface area contributed by atoms with Gasteiger partial charge in [0.2, 0.25) is 11.8 Å². The molecule has 7 heteroatoms. The molecule has 1 N–H and O–H groups in total. The van der Waals surface area contributed by atoms with Gasteiger partial charge in [0.1, 0.15) is 0 Å². The van der Waals surface area contributed by atoms with Gasteiger partial charge in [-0.3, -0.25) is 9.59 Å². The van der Waals surface area contributed by atoms with Crippen LogP contribution in [0.15, 0.2) is 0 Å². The fraction of sp³-hybridized carbons (Fsp3) is 0.833. The summed E-state index contributed by atoms with van der Waals surface area (Å²) < 4.78 is 22.9. The molecule has 0 spiro atoms. The van der Waals surface area contributed by atoms with E-state index in [1.807, 2.05) is 13.8 Å². The summed E-state index contributed by atoms with van der Waals surface area (Å²) in [5, 5.41) is 2.56. The first-order valence-corrected chi connectivity index (χ1v) is 8.48. The zero-order chi connectivity index (χ0) is 14.5. The topological polar surface area (TPSA) is 83.6 Å². The van der Waals surface area contributed by atoms with Crippen LogP contribution in [0.5, 0.6) is 0 Å². The Labute approximate surface area is 114 Å². The average molecular weight is 290 g/mol. The van der Waals surface area contributed by atoms with Gasteiger partial charge in [0, 0.05) is 19.0 Å². The standard InChI is InChI=1S/C12H22N2O4S/c1-3-5-11(15)13-8-12(16)14(4-2)10-6-7-19(17,18)9-10/h10H,3-9H2,1-2H3,(H,13,15). The minimum absolute atomic E-state index is 0.0372. The van der Waals surface area contributed by atoms with E-state index >= 15 is 0 Å². The molecule has 0 aromatic carbocycles. The number of nitrogens with one attached hydrogen (secondary N) is 1. The second kappa shape index (κ2) is 6.88. The van der Waals surface area contributed by atoms with E-state index in [2.05, 4.69) is 5.32 Å². The number of likely N-dealkylation sites (N-methyl/N-ethyl adjacent to an activating group) is 1. The van der Waals surface area contributed by atoms with Crippen molar-refractivity contribution in [1.82, 2.24) is 10.2 Å². The summed E-state index contributed by atoms with van der Waals surface area (Å²) in [6.07, 6.45) is 1.63. The molecular weight excluding hydrogens is 268 g/mol. The van der Waals surface area contributed by atoms with E-state index in [1.165, 1.54) is 0 Å². The number of hydrogen-bond acceptors (Lipinski definition) is 4. The van der Waals surface area contributed by atoms with Crippen molar-refractivity contribution in [1.29, 1.82) is 0 Å². The lowest BCUT2D eigenvalue weighted by Crippen LogP contribution is -2.46. The largest absolute Gasteiger partial charge is 0.347 e. The molecule has 0 aliphatic carbocycles. The molecular formula is C12H22N2O4S. The van der Waals surface area contributed by atoms with E-state index < -0.39 is 9.84 Å². The highest BCUT2D eigenvalue weighted by Crippen LogP contribution is 2.17. The molecule has 1 unspecified atom stereocenters. The maximum absolute atomic E-state index is 12.0. The zero-order valence-corrected chi connectivity index (χ0v) is 12.3. The summed E-state index contributed by atoms with van der Waals surface area (Å²) >= 11 is 0. The number of amides is 2. The second-order valence-electron chi connectivity index (χ2n) is 4.76. The highest BCUT2D eigenvalue weighted by Gasteiger charge is 2.33. The molecule has 6 nitrogen and oxygen atoms in total. The molecule has 1 saturated heterocycles. The summed E-state index contributed by atoms with van der Waals surface area (Å²) in [6.45, 7) is 4.12. The normalized spacial score (nSPS) is 21.1. The molecule has 0 saturated carbocycles. The molecule has 0 aromatic rings. The van der Waals surface area contributed by atoms with Gasteiger partial charge in [0.05, 0.1) is 18.1 Å². The smallest absolute Gasteiger partial charge is 0.242 e. The molecule has 19 heavy (non-hydrogen) atoms. The summed E-state index contributed by atoms with van der Waals surface area (Å²) in [7, 11) is -3.01. The van der Waals surface area contributed by atoms with Crippen LogP contribution in [0, 0.1) is 0 Å². The Morgan fingerprint density at radius 1 is 1.32 bits per heavy atom. The highest BCUT2D eigenvalue weighted by atomic mass is 32.2. The van der Waals surface area contributed by atoms with Gasteiger partial charge < -0.3 is 10.2 Å². The Kier molecular flexibility index (Phi) is 5.78. The van der Waals surface area contributed by atoms with E-state index in [4.69, 9.17) is 0 Å². The van der Waals surface area contributed by atoms with Gasteiger partial charge in [-0.1, -0.05) is 6.92 Å². The van der Waals surface area contributed by atoms with Gasteiger partial charge in [-0.15, -0.1) is 0 Å². The summed E-state index contributed by atoms with van der Waals surface area (Å²) in [5.74, 6) is -0.181. The van der Waals surface area contributed by atoms with Gasteiger partial charge in [-0.05, 0) is 19.8 Å². The highest BCUT2D eigenvalue weighted by molar-refractivity contribution is 7.91. The lowest BCUT2D eigenvalue weighted by Gasteiger charge is -2.26. The molecule has 1 rings (SSSR count). The van der Waals surface area contributed by atoms with E-state index in [1.54, 1.807) is 4.90 Å². The van der Waals surface area contributed by atoms with E-state index in [9.17, 15) is 18.0 Å². The minimum Gasteiger partial charge on any atom is -0.347 e. The molecule has 1 aliphatic heterocycles. The SMILES string of the molecule is CCCC(=O)NCC(=O)N(CC)C1CCS(=O)(=O)C1. The van der Waals surface area contributed by atoms with Crippen molar-refractivity contribution in [2.45, 2.75) is 39.2 Å². The number of nitrogens with zero attached hydrogens (tertiary/aromatic N) is 1. The molecule has 1 aliphatic rings. The second-order valence-corrected chi connectivity index (χ2v) is 6.99. The molecule has 0 aromatic heterocycles. The fourth-order valence-electron chi connectivity index (χ4n) is 2.25. The monoisotopic (exact) mass is 290 g/mol. The molecule has 1 atom stereocenters. The summed E-state index contributed by atoms with van der Waals surface area (Å²) in [5.41, 5.74) is 0. The van der Waals surface area contributed by atoms with Crippen molar-refractivity contribution < 1.29 is 18.0 Å². The Morgan fingerprint density at radius 2 is 2.00 bits per heavy atom. The van der Waals surface area contributed by atoms with Gasteiger partial charge in [-0.2, -0.15) is 0 Å². The Bertz CT molecular complexity index is 433. The van der Waals surface area contributed by atoms with Crippen LogP contribution in [-0.4, -0.2) is 55.8 Å². The Balaban J connectivity index is 2.51. The first-order chi connectivity index (χ1) is 8.89. The lowest BCUT2D eigenvalue weighted by molar-refractivity contribution is -0.134. The summed E-state index contributed by atoms with van der Waals surface area (Å²) in [6, 6.07) is -0.245. The molecule has 0 bridgehead atoms. The van der Waals surface area contributed by atoms with Gasteiger partial charge in [0.25, 0.3) is 0 Å². The summed E-state index contributed by atoms with van der Waals surface area (Å²) in [4.78, 5) is 24.9. The average Bonchev–Trinajstić information content (AvgIpc) is 2.68. The minimum atomic E-state index is -3.01. The van der Waals surface area contributed by atoms with Crippen molar-refractivity contribution in [3.63, 3.8) is 0 Å². The molecule has 1 fully saturated rings. The Hall–Kier alpha value is -1.11. The zero-order valence-electron chi connectivity index (χ0n) is 11.5. The van der Waals surface area contributed by atoms with Gasteiger partial charge >= 0.3 is 0 Å². The number of carbonyl (C=O) groups excluding carboxylic acids is 2. The van der Waals surface area contributed by atoms with Crippen LogP contribution in [0.1, 0.15) is 33.1 Å². The third-order valence-corrected chi connectivity index (χ3v) is 4.97. The lowest BCUT2D eigenvalue weighted by atomic mass is 10.2. The van der Waals surface area contributed by atoms with E-state index in [0.717, 1.165) is 6.42 Å². The van der Waals surface area contributed by atoms with Crippen molar-refractivity contribution in [3.05, 3.63) is 0 Å². The molecule has 2 amide bonds.